The number of carbonyl (C=O) groups is 3. The Bertz CT molecular complexity index is 723. The molecule has 0 fully saturated rings. The van der Waals surface area contributed by atoms with Crippen molar-refractivity contribution in [2.24, 2.45) is 0 Å². The Morgan fingerprint density at radius 1 is 1.24 bits per heavy atom. The average molecular weight is 432 g/mol. The molecule has 166 valence electrons. The van der Waals surface area contributed by atoms with Gasteiger partial charge in [0.05, 0.1) is 34.2 Å². The number of aromatic nitrogens is 2. The summed E-state index contributed by atoms with van der Waals surface area (Å²) in [5, 5.41) is 8.89. The summed E-state index contributed by atoms with van der Waals surface area (Å²) in [6.07, 6.45) is 2.92. The molecule has 2 N–H and O–H groups in total. The number of aromatic amines is 2. The number of nitrogens with zero attached hydrogens (tertiary/aromatic N) is 1. The number of H-pyrrole nitrogens is 2. The SMILES string of the molecule is CC(=O)[O-].CC(C)(C)OC(=O)CCCOC(=O)C(Cc1c[nH]c(=S)[nH]1)[N+](C)(C)C. The van der Waals surface area contributed by atoms with Crippen molar-refractivity contribution < 1.29 is 33.4 Å². The standard InChI is InChI=1S/C17H29N3O4S.C2H4O2/c1-17(2,3)24-14(21)8-7-9-23-15(22)13(20(4,5)6)10-12-11-18-16(25)19-12;1-2(3)4/h11,13H,7-10H2,1-6H3,(H-,18,19,25);1H3,(H,3,4). The van der Waals surface area contributed by atoms with Gasteiger partial charge in [-0.1, -0.05) is 0 Å². The molecule has 0 aliphatic heterocycles. The Morgan fingerprint density at radius 3 is 2.21 bits per heavy atom. The van der Waals surface area contributed by atoms with E-state index in [1.807, 2.05) is 41.9 Å². The Balaban J connectivity index is 0.00000178. The van der Waals surface area contributed by atoms with Crippen molar-refractivity contribution in [3.63, 3.8) is 0 Å². The monoisotopic (exact) mass is 431 g/mol. The van der Waals surface area contributed by atoms with Crippen molar-refractivity contribution in [1.29, 1.82) is 0 Å². The van der Waals surface area contributed by atoms with E-state index in [0.29, 0.717) is 22.1 Å². The lowest BCUT2D eigenvalue weighted by Gasteiger charge is -2.32. The van der Waals surface area contributed by atoms with E-state index in [9.17, 15) is 9.59 Å². The van der Waals surface area contributed by atoms with Crippen LogP contribution in [0.15, 0.2) is 6.20 Å². The van der Waals surface area contributed by atoms with Gasteiger partial charge < -0.3 is 33.8 Å². The number of hydrogen-bond acceptors (Lipinski definition) is 7. The minimum atomic E-state index is -1.08. The van der Waals surface area contributed by atoms with Crippen LogP contribution in [-0.2, 0) is 30.3 Å². The predicted molar refractivity (Wildman–Crippen MR) is 108 cm³/mol. The molecule has 10 heteroatoms. The van der Waals surface area contributed by atoms with Crippen LogP contribution in [0.1, 0.15) is 46.2 Å². The largest absolute Gasteiger partial charge is 0.550 e. The molecular weight excluding hydrogens is 398 g/mol. The van der Waals surface area contributed by atoms with E-state index < -0.39 is 11.6 Å². The zero-order valence-corrected chi connectivity index (χ0v) is 19.1. The minimum absolute atomic E-state index is 0.192. The molecule has 1 aromatic heterocycles. The first-order valence-corrected chi connectivity index (χ1v) is 9.66. The van der Waals surface area contributed by atoms with Crippen LogP contribution in [0.25, 0.3) is 0 Å². The van der Waals surface area contributed by atoms with E-state index in [1.54, 1.807) is 6.20 Å². The number of aliphatic carboxylic acids is 1. The van der Waals surface area contributed by atoms with Gasteiger partial charge >= 0.3 is 11.9 Å². The van der Waals surface area contributed by atoms with Gasteiger partial charge in [0.25, 0.3) is 0 Å². The number of carbonyl (C=O) groups excluding carboxylic acids is 3. The van der Waals surface area contributed by atoms with E-state index in [2.05, 4.69) is 9.97 Å². The van der Waals surface area contributed by atoms with E-state index in [1.165, 1.54) is 0 Å². The molecule has 0 amide bonds. The van der Waals surface area contributed by atoms with Crippen molar-refractivity contribution in [2.75, 3.05) is 27.7 Å². The number of rotatable bonds is 8. The fourth-order valence-electron chi connectivity index (χ4n) is 2.24. The van der Waals surface area contributed by atoms with E-state index in [4.69, 9.17) is 31.6 Å². The van der Waals surface area contributed by atoms with E-state index >= 15 is 0 Å². The van der Waals surface area contributed by atoms with Gasteiger partial charge in [-0.15, -0.1) is 0 Å². The first-order chi connectivity index (χ1) is 13.1. The Morgan fingerprint density at radius 2 is 1.79 bits per heavy atom. The second kappa shape index (κ2) is 11.7. The Labute approximate surface area is 177 Å². The summed E-state index contributed by atoms with van der Waals surface area (Å²) in [5.74, 6) is -1.66. The van der Waals surface area contributed by atoms with Crippen LogP contribution in [-0.4, -0.2) is 71.8 Å². The summed E-state index contributed by atoms with van der Waals surface area (Å²) in [4.78, 5) is 38.9. The van der Waals surface area contributed by atoms with Crippen molar-refractivity contribution >= 4 is 30.1 Å². The Hall–Kier alpha value is -2.20. The lowest BCUT2D eigenvalue weighted by atomic mass is 10.1. The number of esters is 2. The number of hydrogen-bond donors (Lipinski definition) is 2. The number of ether oxygens (including phenoxy) is 2. The third-order valence-electron chi connectivity index (χ3n) is 3.46. The molecule has 0 aliphatic carbocycles. The summed E-state index contributed by atoms with van der Waals surface area (Å²) in [7, 11) is 5.82. The molecule has 0 saturated heterocycles. The molecule has 0 bridgehead atoms. The third kappa shape index (κ3) is 13.6. The second-order valence-electron chi connectivity index (χ2n) is 8.45. The van der Waals surface area contributed by atoms with Crippen molar-refractivity contribution in [3.05, 3.63) is 16.7 Å². The summed E-state index contributed by atoms with van der Waals surface area (Å²) in [6.45, 7) is 6.63. The van der Waals surface area contributed by atoms with Crippen LogP contribution in [0.5, 0.6) is 0 Å². The molecule has 1 unspecified atom stereocenters. The summed E-state index contributed by atoms with van der Waals surface area (Å²) >= 11 is 5.02. The molecule has 0 radical (unpaired) electrons. The zero-order valence-electron chi connectivity index (χ0n) is 18.3. The molecule has 1 rings (SSSR count). The quantitative estimate of drug-likeness (QED) is 0.273. The minimum Gasteiger partial charge on any atom is -0.550 e. The number of likely N-dealkylation sites (N-methyl/N-ethyl adjacent to an activating group) is 1. The first kappa shape index (κ1) is 26.8. The topological polar surface area (TPSA) is 124 Å². The highest BCUT2D eigenvalue weighted by atomic mass is 32.1. The molecule has 0 saturated carbocycles. The summed E-state index contributed by atoms with van der Waals surface area (Å²) in [5.41, 5.74) is 0.355. The fourth-order valence-corrected chi connectivity index (χ4v) is 2.43. The van der Waals surface area contributed by atoms with Crippen LogP contribution in [0.3, 0.4) is 0 Å². The van der Waals surface area contributed by atoms with Crippen molar-refractivity contribution in [1.82, 2.24) is 9.97 Å². The lowest BCUT2D eigenvalue weighted by molar-refractivity contribution is -0.887. The van der Waals surface area contributed by atoms with Gasteiger partial charge in [-0.2, -0.15) is 0 Å². The van der Waals surface area contributed by atoms with Crippen LogP contribution in [0.2, 0.25) is 0 Å². The predicted octanol–water partition coefficient (Wildman–Crippen LogP) is 1.11. The van der Waals surface area contributed by atoms with Gasteiger partial charge in [-0.05, 0) is 46.3 Å². The number of quaternary nitrogens is 1. The highest BCUT2D eigenvalue weighted by Gasteiger charge is 2.33. The van der Waals surface area contributed by atoms with Gasteiger partial charge in [-0.25, -0.2) is 4.79 Å². The molecule has 29 heavy (non-hydrogen) atoms. The first-order valence-electron chi connectivity index (χ1n) is 9.25. The van der Waals surface area contributed by atoms with Crippen LogP contribution in [0.4, 0.5) is 0 Å². The molecule has 1 atom stereocenters. The summed E-state index contributed by atoms with van der Waals surface area (Å²) in [6, 6.07) is -0.372. The maximum atomic E-state index is 12.5. The maximum absolute atomic E-state index is 12.5. The average Bonchev–Trinajstić information content (AvgIpc) is 2.91. The molecule has 0 spiro atoms. The van der Waals surface area contributed by atoms with Gasteiger partial charge in [0.1, 0.15) is 5.60 Å². The number of nitrogens with one attached hydrogen (secondary N) is 2. The third-order valence-corrected chi connectivity index (χ3v) is 3.68. The van der Waals surface area contributed by atoms with Gasteiger partial charge in [0.2, 0.25) is 0 Å². The molecular formula is C19H33N3O6S. The van der Waals surface area contributed by atoms with Gasteiger partial charge in [0, 0.05) is 24.3 Å². The fraction of sp³-hybridized carbons (Fsp3) is 0.684. The maximum Gasteiger partial charge on any atom is 0.365 e. The molecule has 9 nitrogen and oxygen atoms in total. The van der Waals surface area contributed by atoms with Crippen LogP contribution >= 0.6 is 12.2 Å². The Kier molecular flexibility index (Phi) is 10.8. The highest BCUT2D eigenvalue weighted by molar-refractivity contribution is 7.71. The van der Waals surface area contributed by atoms with Gasteiger partial charge in [-0.3, -0.25) is 4.79 Å². The smallest absolute Gasteiger partial charge is 0.365 e. The molecule has 1 aromatic rings. The molecule has 0 aliphatic rings. The lowest BCUT2D eigenvalue weighted by Crippen LogP contribution is -2.51. The van der Waals surface area contributed by atoms with Crippen LogP contribution < -0.4 is 5.11 Å². The normalized spacial score (nSPS) is 12.4. The number of carboxylic acid groups (broad SMARTS) is 1. The summed E-state index contributed by atoms with van der Waals surface area (Å²) < 4.78 is 11.6. The number of carboxylic acids is 1. The van der Waals surface area contributed by atoms with Crippen molar-refractivity contribution in [3.8, 4) is 0 Å². The zero-order chi connectivity index (χ0) is 22.8. The number of imidazole rings is 1. The second-order valence-corrected chi connectivity index (χ2v) is 8.86. The van der Waals surface area contributed by atoms with E-state index in [0.717, 1.165) is 12.6 Å². The van der Waals surface area contributed by atoms with Crippen LogP contribution in [0, 0.1) is 4.77 Å². The van der Waals surface area contributed by atoms with Gasteiger partial charge in [0.15, 0.2) is 10.8 Å². The molecule has 0 aromatic carbocycles. The highest BCUT2D eigenvalue weighted by Crippen LogP contribution is 2.13. The van der Waals surface area contributed by atoms with E-state index in [-0.39, 0.29) is 31.0 Å². The van der Waals surface area contributed by atoms with Crippen molar-refractivity contribution in [2.45, 2.75) is 58.6 Å². The molecule has 1 heterocycles.